The van der Waals surface area contributed by atoms with Gasteiger partial charge in [-0.15, -0.1) is 0 Å². The quantitative estimate of drug-likeness (QED) is 0.535. The Hall–Kier alpha value is -2.38. The number of aryl methyl sites for hydroxylation is 2. The molecule has 0 saturated heterocycles. The van der Waals surface area contributed by atoms with E-state index in [0.717, 1.165) is 39.3 Å². The van der Waals surface area contributed by atoms with Gasteiger partial charge in [-0.3, -0.25) is 0 Å². The number of hydrogen-bond acceptors (Lipinski definition) is 3. The van der Waals surface area contributed by atoms with Gasteiger partial charge in [0.1, 0.15) is 0 Å². The molecule has 0 spiro atoms. The molecule has 0 N–H and O–H groups in total. The molecule has 0 amide bonds. The maximum atomic E-state index is 10.2. The highest BCUT2D eigenvalue weighted by Crippen LogP contribution is 2.47. The maximum absolute atomic E-state index is 10.2. The van der Waals surface area contributed by atoms with E-state index in [-0.39, 0.29) is 5.92 Å². The summed E-state index contributed by atoms with van der Waals surface area (Å²) in [5.74, 6) is 0.810. The fourth-order valence-electron chi connectivity index (χ4n) is 4.31. The van der Waals surface area contributed by atoms with Crippen molar-refractivity contribution in [3.05, 3.63) is 69.2 Å². The summed E-state index contributed by atoms with van der Waals surface area (Å²) in [6.45, 7) is 4.05. The Morgan fingerprint density at radius 1 is 1.22 bits per heavy atom. The Bertz CT molecular complexity index is 1090. The van der Waals surface area contributed by atoms with Gasteiger partial charge < -0.3 is 4.74 Å². The second-order valence-corrected chi connectivity index (χ2v) is 8.39. The van der Waals surface area contributed by atoms with E-state index in [4.69, 9.17) is 4.74 Å². The topological polar surface area (TPSA) is 45.9 Å². The van der Waals surface area contributed by atoms with Crippen molar-refractivity contribution in [1.82, 2.24) is 4.98 Å². The van der Waals surface area contributed by atoms with Crippen molar-refractivity contribution < 1.29 is 4.74 Å². The van der Waals surface area contributed by atoms with E-state index in [9.17, 15) is 5.26 Å². The smallest absolute Gasteiger partial charge is 0.216 e. The van der Waals surface area contributed by atoms with Crippen LogP contribution < -0.4 is 4.74 Å². The SMILES string of the molecule is COc1nc2cc(C(C)(C#N)C3CCc4cc(Br)ccc43)ccc2cc1C. The Morgan fingerprint density at radius 3 is 2.78 bits per heavy atom. The molecule has 3 nitrogen and oxygen atoms in total. The first-order valence-corrected chi connectivity index (χ1v) is 9.91. The molecule has 0 aliphatic heterocycles. The predicted molar refractivity (Wildman–Crippen MR) is 111 cm³/mol. The second-order valence-electron chi connectivity index (χ2n) is 7.47. The van der Waals surface area contributed by atoms with Gasteiger partial charge in [-0.05, 0) is 67.6 Å². The number of fused-ring (bicyclic) bond motifs is 2. The first kappa shape index (κ1) is 18.0. The van der Waals surface area contributed by atoms with Crippen molar-refractivity contribution in [3.8, 4) is 11.9 Å². The van der Waals surface area contributed by atoms with Crippen LogP contribution >= 0.6 is 15.9 Å². The monoisotopic (exact) mass is 420 g/mol. The van der Waals surface area contributed by atoms with Crippen molar-refractivity contribution in [3.63, 3.8) is 0 Å². The van der Waals surface area contributed by atoms with E-state index >= 15 is 0 Å². The summed E-state index contributed by atoms with van der Waals surface area (Å²) in [7, 11) is 1.64. The highest BCUT2D eigenvalue weighted by molar-refractivity contribution is 9.10. The van der Waals surface area contributed by atoms with Crippen molar-refractivity contribution in [2.75, 3.05) is 7.11 Å². The van der Waals surface area contributed by atoms with Gasteiger partial charge in [0.25, 0.3) is 0 Å². The van der Waals surface area contributed by atoms with Gasteiger partial charge in [0.05, 0.1) is 24.1 Å². The van der Waals surface area contributed by atoms with Crippen LogP contribution in [0.5, 0.6) is 5.88 Å². The number of rotatable bonds is 3. The van der Waals surface area contributed by atoms with Crippen LogP contribution in [0.25, 0.3) is 10.9 Å². The fraction of sp³-hybridized carbons (Fsp3) is 0.304. The van der Waals surface area contributed by atoms with Crippen LogP contribution in [0.1, 0.15) is 41.5 Å². The zero-order valence-electron chi connectivity index (χ0n) is 15.7. The van der Waals surface area contributed by atoms with Crippen molar-refractivity contribution >= 4 is 26.8 Å². The van der Waals surface area contributed by atoms with E-state index in [0.29, 0.717) is 5.88 Å². The van der Waals surface area contributed by atoms with E-state index in [1.54, 1.807) is 7.11 Å². The van der Waals surface area contributed by atoms with Crippen LogP contribution in [-0.4, -0.2) is 12.1 Å². The number of nitrogens with zero attached hydrogens (tertiary/aromatic N) is 2. The minimum atomic E-state index is -0.604. The van der Waals surface area contributed by atoms with Gasteiger partial charge in [-0.25, -0.2) is 4.98 Å². The van der Waals surface area contributed by atoms with Gasteiger partial charge in [0, 0.05) is 21.3 Å². The molecule has 3 aromatic rings. The average Bonchev–Trinajstić information content (AvgIpc) is 3.10. The van der Waals surface area contributed by atoms with Gasteiger partial charge in [0.15, 0.2) is 0 Å². The Labute approximate surface area is 168 Å². The van der Waals surface area contributed by atoms with Gasteiger partial charge in [-0.1, -0.05) is 34.1 Å². The number of aromatic nitrogens is 1. The number of hydrogen-bond donors (Lipinski definition) is 0. The van der Waals surface area contributed by atoms with E-state index < -0.39 is 5.41 Å². The standard InChI is InChI=1S/C23H21BrN2O/c1-14-10-16-4-6-17(12-21(16)26-22(14)27-3)23(2,13-25)20-9-5-15-11-18(24)7-8-19(15)20/h4,6-8,10-12,20H,5,9H2,1-3H3. The van der Waals surface area contributed by atoms with Gasteiger partial charge in [-0.2, -0.15) is 5.26 Å². The van der Waals surface area contributed by atoms with Crippen LogP contribution in [0.2, 0.25) is 0 Å². The average molecular weight is 421 g/mol. The molecular formula is C23H21BrN2O. The normalized spacial score (nSPS) is 18.0. The van der Waals surface area contributed by atoms with Crippen LogP contribution in [0, 0.1) is 18.3 Å². The van der Waals surface area contributed by atoms with Crippen molar-refractivity contribution in [2.24, 2.45) is 0 Å². The summed E-state index contributed by atoms with van der Waals surface area (Å²) >= 11 is 3.56. The van der Waals surface area contributed by atoms with E-state index in [1.807, 2.05) is 6.92 Å². The summed E-state index contributed by atoms with van der Waals surface area (Å²) in [5, 5.41) is 11.3. The first-order chi connectivity index (χ1) is 13.0. The lowest BCUT2D eigenvalue weighted by Gasteiger charge is -2.30. The Kier molecular flexibility index (Phi) is 4.44. The molecule has 2 aromatic carbocycles. The molecule has 4 heteroatoms. The van der Waals surface area contributed by atoms with Crippen LogP contribution in [-0.2, 0) is 11.8 Å². The molecule has 0 radical (unpaired) electrons. The lowest BCUT2D eigenvalue weighted by Crippen LogP contribution is -2.27. The lowest BCUT2D eigenvalue weighted by molar-refractivity contribution is 0.396. The van der Waals surface area contributed by atoms with Gasteiger partial charge in [0.2, 0.25) is 5.88 Å². The fourth-order valence-corrected chi connectivity index (χ4v) is 4.72. The number of methoxy groups -OCH3 is 1. The summed E-state index contributed by atoms with van der Waals surface area (Å²) in [4.78, 5) is 4.65. The zero-order chi connectivity index (χ0) is 19.2. The lowest BCUT2D eigenvalue weighted by atomic mass is 9.70. The summed E-state index contributed by atoms with van der Waals surface area (Å²) in [5.41, 5.74) is 4.91. The molecule has 2 atom stereocenters. The summed E-state index contributed by atoms with van der Waals surface area (Å²) in [6.07, 6.45) is 1.99. The highest BCUT2D eigenvalue weighted by atomic mass is 79.9. The maximum Gasteiger partial charge on any atom is 0.216 e. The van der Waals surface area contributed by atoms with E-state index in [2.05, 4.69) is 76.4 Å². The number of benzene rings is 2. The third kappa shape index (κ3) is 2.91. The van der Waals surface area contributed by atoms with Crippen molar-refractivity contribution in [1.29, 1.82) is 5.26 Å². The largest absolute Gasteiger partial charge is 0.481 e. The first-order valence-electron chi connectivity index (χ1n) is 9.11. The highest BCUT2D eigenvalue weighted by Gasteiger charge is 2.41. The third-order valence-electron chi connectivity index (χ3n) is 5.87. The molecule has 4 rings (SSSR count). The molecule has 1 aliphatic carbocycles. The van der Waals surface area contributed by atoms with Crippen molar-refractivity contribution in [2.45, 2.75) is 38.0 Å². The summed E-state index contributed by atoms with van der Waals surface area (Å²) in [6, 6.07) is 17.3. The summed E-state index contributed by atoms with van der Waals surface area (Å²) < 4.78 is 6.48. The number of pyridine rings is 1. The molecular weight excluding hydrogens is 400 g/mol. The molecule has 1 aromatic heterocycles. The molecule has 0 fully saturated rings. The number of halogens is 1. The van der Waals surface area contributed by atoms with Crippen LogP contribution in [0.3, 0.4) is 0 Å². The Morgan fingerprint density at radius 2 is 2.04 bits per heavy atom. The minimum absolute atomic E-state index is 0.176. The van der Waals surface area contributed by atoms with Gasteiger partial charge >= 0.3 is 0 Å². The number of ether oxygens (including phenoxy) is 1. The molecule has 27 heavy (non-hydrogen) atoms. The van der Waals surface area contributed by atoms with Crippen LogP contribution in [0.15, 0.2) is 46.9 Å². The third-order valence-corrected chi connectivity index (χ3v) is 6.36. The zero-order valence-corrected chi connectivity index (χ0v) is 17.3. The molecule has 1 heterocycles. The minimum Gasteiger partial charge on any atom is -0.481 e. The van der Waals surface area contributed by atoms with Crippen LogP contribution in [0.4, 0.5) is 0 Å². The molecule has 136 valence electrons. The van der Waals surface area contributed by atoms with E-state index in [1.165, 1.54) is 11.1 Å². The molecule has 0 bridgehead atoms. The second kappa shape index (κ2) is 6.65. The molecule has 2 unspecified atom stereocenters. The number of nitriles is 1. The predicted octanol–water partition coefficient (Wildman–Crippen LogP) is 5.83. The Balaban J connectivity index is 1.83. The molecule has 1 aliphatic rings. The molecule has 0 saturated carbocycles.